The molecule has 2 rings (SSSR count). The molecule has 0 spiro atoms. The standard InChI is InChI=1S/C14H20FNS/c1-10(17-2)8-9-16-14-7-6-11-12(14)4-3-5-13(11)15/h3-5,10,14,16H,6-9H2,1-2H3. The minimum absolute atomic E-state index is 0.0377. The van der Waals surface area contributed by atoms with Crippen LogP contribution in [-0.2, 0) is 6.42 Å². The smallest absolute Gasteiger partial charge is 0.126 e. The third kappa shape index (κ3) is 3.02. The molecule has 1 aliphatic rings. The number of halogens is 1. The minimum Gasteiger partial charge on any atom is -0.310 e. The second-order valence-electron chi connectivity index (χ2n) is 4.69. The third-order valence-corrected chi connectivity index (χ3v) is 4.60. The van der Waals surface area contributed by atoms with Gasteiger partial charge in [-0.2, -0.15) is 11.8 Å². The van der Waals surface area contributed by atoms with Crippen molar-refractivity contribution in [1.29, 1.82) is 0 Å². The molecule has 1 aromatic carbocycles. The van der Waals surface area contributed by atoms with Gasteiger partial charge in [-0.05, 0) is 49.3 Å². The highest BCUT2D eigenvalue weighted by Gasteiger charge is 2.24. The molecule has 0 bridgehead atoms. The zero-order valence-corrected chi connectivity index (χ0v) is 11.3. The van der Waals surface area contributed by atoms with E-state index in [1.165, 1.54) is 12.0 Å². The lowest BCUT2D eigenvalue weighted by Gasteiger charge is -2.15. The largest absolute Gasteiger partial charge is 0.310 e. The first-order chi connectivity index (χ1) is 8.22. The molecule has 0 saturated carbocycles. The molecular formula is C14H20FNS. The first-order valence-corrected chi connectivity index (χ1v) is 7.54. The summed E-state index contributed by atoms with van der Waals surface area (Å²) in [6, 6.07) is 5.80. The first-order valence-electron chi connectivity index (χ1n) is 6.26. The highest BCUT2D eigenvalue weighted by Crippen LogP contribution is 2.32. The van der Waals surface area contributed by atoms with Crippen LogP contribution in [0.25, 0.3) is 0 Å². The fourth-order valence-electron chi connectivity index (χ4n) is 2.40. The molecule has 0 heterocycles. The van der Waals surface area contributed by atoms with Crippen molar-refractivity contribution < 1.29 is 4.39 Å². The molecule has 0 radical (unpaired) electrons. The van der Waals surface area contributed by atoms with Gasteiger partial charge in [-0.25, -0.2) is 4.39 Å². The molecule has 1 nitrogen and oxygen atoms in total. The van der Waals surface area contributed by atoms with Gasteiger partial charge in [0.1, 0.15) is 5.82 Å². The summed E-state index contributed by atoms with van der Waals surface area (Å²) in [5.74, 6) is -0.0377. The number of thioether (sulfide) groups is 1. The van der Waals surface area contributed by atoms with Gasteiger partial charge in [0, 0.05) is 11.3 Å². The van der Waals surface area contributed by atoms with Gasteiger partial charge in [-0.1, -0.05) is 19.1 Å². The van der Waals surface area contributed by atoms with Crippen LogP contribution in [0.5, 0.6) is 0 Å². The molecule has 0 aromatic heterocycles. The molecule has 94 valence electrons. The summed E-state index contributed by atoms with van der Waals surface area (Å²) in [6.07, 6.45) is 5.22. The van der Waals surface area contributed by atoms with Crippen LogP contribution in [0.1, 0.15) is 36.9 Å². The van der Waals surface area contributed by atoms with Gasteiger partial charge in [0.15, 0.2) is 0 Å². The van der Waals surface area contributed by atoms with Gasteiger partial charge >= 0.3 is 0 Å². The van der Waals surface area contributed by atoms with Crippen molar-refractivity contribution in [3.05, 3.63) is 35.1 Å². The number of hydrogen-bond acceptors (Lipinski definition) is 2. The van der Waals surface area contributed by atoms with Gasteiger partial charge < -0.3 is 5.32 Å². The van der Waals surface area contributed by atoms with Gasteiger partial charge in [-0.3, -0.25) is 0 Å². The predicted molar refractivity (Wildman–Crippen MR) is 73.1 cm³/mol. The number of nitrogens with one attached hydrogen (secondary N) is 1. The van der Waals surface area contributed by atoms with Crippen molar-refractivity contribution in [1.82, 2.24) is 5.32 Å². The summed E-state index contributed by atoms with van der Waals surface area (Å²) in [7, 11) is 0. The highest BCUT2D eigenvalue weighted by molar-refractivity contribution is 7.99. The van der Waals surface area contributed by atoms with Gasteiger partial charge in [-0.15, -0.1) is 0 Å². The zero-order chi connectivity index (χ0) is 12.3. The quantitative estimate of drug-likeness (QED) is 0.861. The molecular weight excluding hydrogens is 233 g/mol. The zero-order valence-electron chi connectivity index (χ0n) is 10.5. The van der Waals surface area contributed by atoms with E-state index in [1.54, 1.807) is 6.07 Å². The van der Waals surface area contributed by atoms with Crippen LogP contribution < -0.4 is 5.32 Å². The van der Waals surface area contributed by atoms with E-state index in [-0.39, 0.29) is 5.82 Å². The Morgan fingerprint density at radius 3 is 3.12 bits per heavy atom. The van der Waals surface area contributed by atoms with Crippen molar-refractivity contribution in [2.24, 2.45) is 0 Å². The normalized spacial score (nSPS) is 20.3. The molecule has 0 saturated heterocycles. The Morgan fingerprint density at radius 2 is 2.35 bits per heavy atom. The van der Waals surface area contributed by atoms with E-state index in [1.807, 2.05) is 17.8 Å². The molecule has 1 N–H and O–H groups in total. The minimum atomic E-state index is -0.0377. The Balaban J connectivity index is 1.91. The lowest BCUT2D eigenvalue weighted by molar-refractivity contribution is 0.520. The monoisotopic (exact) mass is 253 g/mol. The van der Waals surface area contributed by atoms with Crippen molar-refractivity contribution in [3.63, 3.8) is 0 Å². The first kappa shape index (κ1) is 12.9. The summed E-state index contributed by atoms with van der Waals surface area (Å²) >= 11 is 1.90. The fraction of sp³-hybridized carbons (Fsp3) is 0.571. The second-order valence-corrected chi connectivity index (χ2v) is 5.96. The van der Waals surface area contributed by atoms with E-state index < -0.39 is 0 Å². The van der Waals surface area contributed by atoms with Crippen LogP contribution in [0.4, 0.5) is 4.39 Å². The van der Waals surface area contributed by atoms with Gasteiger partial charge in [0.05, 0.1) is 0 Å². The van der Waals surface area contributed by atoms with Gasteiger partial charge in [0.2, 0.25) is 0 Å². The maximum atomic E-state index is 13.5. The average Bonchev–Trinajstić information content (AvgIpc) is 2.74. The molecule has 0 fully saturated rings. The maximum Gasteiger partial charge on any atom is 0.126 e. The van der Waals surface area contributed by atoms with E-state index in [0.29, 0.717) is 11.3 Å². The molecule has 2 unspecified atom stereocenters. The Labute approximate surface area is 107 Å². The molecule has 0 amide bonds. The highest BCUT2D eigenvalue weighted by atomic mass is 32.2. The van der Waals surface area contributed by atoms with Crippen LogP contribution in [0.15, 0.2) is 18.2 Å². The number of fused-ring (bicyclic) bond motifs is 1. The summed E-state index contributed by atoms with van der Waals surface area (Å²) in [5.41, 5.74) is 2.09. The number of benzene rings is 1. The average molecular weight is 253 g/mol. The molecule has 17 heavy (non-hydrogen) atoms. The fourth-order valence-corrected chi connectivity index (χ4v) is 2.75. The molecule has 2 atom stereocenters. The molecule has 0 aliphatic heterocycles. The van der Waals surface area contributed by atoms with Crippen LogP contribution in [-0.4, -0.2) is 18.1 Å². The Bertz CT molecular complexity index is 380. The van der Waals surface area contributed by atoms with E-state index in [9.17, 15) is 4.39 Å². The van der Waals surface area contributed by atoms with Crippen LogP contribution in [0, 0.1) is 5.82 Å². The van der Waals surface area contributed by atoms with Crippen molar-refractivity contribution in [2.45, 2.75) is 37.5 Å². The summed E-state index contributed by atoms with van der Waals surface area (Å²) < 4.78 is 13.5. The molecule has 3 heteroatoms. The van der Waals surface area contributed by atoms with E-state index in [2.05, 4.69) is 24.6 Å². The molecule has 1 aliphatic carbocycles. The predicted octanol–water partition coefficient (Wildman–Crippen LogP) is 3.54. The SMILES string of the molecule is CSC(C)CCNC1CCc2c(F)cccc21. The van der Waals surface area contributed by atoms with E-state index in [4.69, 9.17) is 0 Å². The lowest BCUT2D eigenvalue weighted by Crippen LogP contribution is -2.22. The van der Waals surface area contributed by atoms with E-state index in [0.717, 1.165) is 24.9 Å². The summed E-state index contributed by atoms with van der Waals surface area (Å²) in [6.45, 7) is 3.26. The summed E-state index contributed by atoms with van der Waals surface area (Å²) in [4.78, 5) is 0. The topological polar surface area (TPSA) is 12.0 Å². The Kier molecular flexibility index (Phi) is 4.46. The summed E-state index contributed by atoms with van der Waals surface area (Å²) in [5, 5.41) is 4.24. The molecule has 1 aromatic rings. The van der Waals surface area contributed by atoms with E-state index >= 15 is 0 Å². The van der Waals surface area contributed by atoms with Gasteiger partial charge in [0.25, 0.3) is 0 Å². The Morgan fingerprint density at radius 1 is 1.53 bits per heavy atom. The number of rotatable bonds is 5. The maximum absolute atomic E-state index is 13.5. The van der Waals surface area contributed by atoms with Crippen LogP contribution in [0.2, 0.25) is 0 Å². The third-order valence-electron chi connectivity index (χ3n) is 3.56. The lowest BCUT2D eigenvalue weighted by atomic mass is 10.1. The number of hydrogen-bond donors (Lipinski definition) is 1. The Hall–Kier alpha value is -0.540. The van der Waals surface area contributed by atoms with Crippen LogP contribution in [0.3, 0.4) is 0 Å². The van der Waals surface area contributed by atoms with Crippen molar-refractivity contribution in [2.75, 3.05) is 12.8 Å². The van der Waals surface area contributed by atoms with Crippen LogP contribution >= 0.6 is 11.8 Å². The van der Waals surface area contributed by atoms with Crippen molar-refractivity contribution in [3.8, 4) is 0 Å². The second kappa shape index (κ2) is 5.87. The van der Waals surface area contributed by atoms with Crippen molar-refractivity contribution >= 4 is 11.8 Å².